The van der Waals surface area contributed by atoms with Crippen molar-refractivity contribution < 1.29 is 8.78 Å². The lowest BCUT2D eigenvalue weighted by atomic mass is 10.1. The molecular weight excluding hydrogens is 282 g/mol. The van der Waals surface area contributed by atoms with Crippen LogP contribution in [-0.2, 0) is 0 Å². The van der Waals surface area contributed by atoms with Gasteiger partial charge in [-0.3, -0.25) is 0 Å². The molecule has 0 fully saturated rings. The smallest absolute Gasteiger partial charge is 0.123 e. The highest BCUT2D eigenvalue weighted by Gasteiger charge is 2.10. The summed E-state index contributed by atoms with van der Waals surface area (Å²) in [5.41, 5.74) is 3.61. The topological polar surface area (TPSA) is 31.6 Å². The van der Waals surface area contributed by atoms with Crippen LogP contribution in [0.3, 0.4) is 0 Å². The van der Waals surface area contributed by atoms with Gasteiger partial charge in [0.1, 0.15) is 11.6 Å². The molecule has 2 aromatic heterocycles. The summed E-state index contributed by atoms with van der Waals surface area (Å²) in [5, 5.41) is 3.60. The SMILES string of the molecule is Fc1ccc2[nH]c3cc4c(cc3c2c1)[nH]c1ccc(F)cc14. The first kappa shape index (κ1) is 11.7. The fourth-order valence-corrected chi connectivity index (χ4v) is 3.24. The molecule has 0 aliphatic rings. The molecule has 0 bridgehead atoms. The summed E-state index contributed by atoms with van der Waals surface area (Å²) in [6, 6.07) is 13.4. The van der Waals surface area contributed by atoms with E-state index in [4.69, 9.17) is 0 Å². The number of aromatic amines is 2. The summed E-state index contributed by atoms with van der Waals surface area (Å²) < 4.78 is 27.0. The van der Waals surface area contributed by atoms with Crippen LogP contribution in [0.4, 0.5) is 8.78 Å². The Hall–Kier alpha value is -2.88. The quantitative estimate of drug-likeness (QED) is 0.391. The maximum Gasteiger partial charge on any atom is 0.123 e. The zero-order chi connectivity index (χ0) is 14.8. The van der Waals surface area contributed by atoms with Gasteiger partial charge in [-0.2, -0.15) is 0 Å². The van der Waals surface area contributed by atoms with Crippen molar-refractivity contribution >= 4 is 43.6 Å². The van der Waals surface area contributed by atoms with Crippen LogP contribution < -0.4 is 0 Å². The van der Waals surface area contributed by atoms with Crippen LogP contribution in [-0.4, -0.2) is 9.97 Å². The maximum atomic E-state index is 13.5. The normalized spacial score (nSPS) is 12.1. The number of hydrogen-bond donors (Lipinski definition) is 2. The summed E-state index contributed by atoms with van der Waals surface area (Å²) >= 11 is 0. The van der Waals surface area contributed by atoms with Crippen molar-refractivity contribution in [3.8, 4) is 0 Å². The van der Waals surface area contributed by atoms with Crippen molar-refractivity contribution in [3.63, 3.8) is 0 Å². The molecule has 4 heteroatoms. The van der Waals surface area contributed by atoms with E-state index in [1.165, 1.54) is 24.3 Å². The standard InChI is InChI=1S/C18H10F2N2/c19-9-1-3-15-11(5-9)13-7-18-14(8-17(13)21-15)12-6-10(20)2-4-16(12)22-18/h1-8,21-22H. The summed E-state index contributed by atoms with van der Waals surface area (Å²) in [7, 11) is 0. The van der Waals surface area contributed by atoms with E-state index in [2.05, 4.69) is 9.97 Å². The number of nitrogens with one attached hydrogen (secondary N) is 2. The molecule has 5 rings (SSSR count). The molecular formula is C18H10F2N2. The minimum atomic E-state index is -0.257. The Labute approximate surface area is 123 Å². The van der Waals surface area contributed by atoms with Gasteiger partial charge in [0.2, 0.25) is 0 Å². The molecule has 0 aliphatic heterocycles. The van der Waals surface area contributed by atoms with Gasteiger partial charge in [0.25, 0.3) is 0 Å². The third-order valence-corrected chi connectivity index (χ3v) is 4.24. The second-order valence-corrected chi connectivity index (χ2v) is 5.57. The van der Waals surface area contributed by atoms with Crippen molar-refractivity contribution in [2.45, 2.75) is 0 Å². The predicted octanol–water partition coefficient (Wildman–Crippen LogP) is 5.23. The van der Waals surface area contributed by atoms with Crippen LogP contribution in [0.15, 0.2) is 48.5 Å². The van der Waals surface area contributed by atoms with Crippen LogP contribution in [0.1, 0.15) is 0 Å². The Morgan fingerprint density at radius 3 is 1.36 bits per heavy atom. The first-order valence-electron chi connectivity index (χ1n) is 7.01. The number of benzene rings is 3. The molecule has 3 aromatic carbocycles. The van der Waals surface area contributed by atoms with E-state index < -0.39 is 0 Å². The number of H-pyrrole nitrogens is 2. The van der Waals surface area contributed by atoms with E-state index in [1.54, 1.807) is 12.1 Å². The number of rotatable bonds is 0. The summed E-state index contributed by atoms with van der Waals surface area (Å²) in [4.78, 5) is 6.58. The lowest BCUT2D eigenvalue weighted by molar-refractivity contribution is 0.629. The molecule has 0 saturated carbocycles. The van der Waals surface area contributed by atoms with Crippen LogP contribution in [0.2, 0.25) is 0 Å². The minimum absolute atomic E-state index is 0.257. The number of aromatic nitrogens is 2. The molecule has 0 unspecified atom stereocenters. The Balaban J connectivity index is 1.99. The predicted molar refractivity (Wildman–Crippen MR) is 85.1 cm³/mol. The van der Waals surface area contributed by atoms with Crippen LogP contribution in [0.5, 0.6) is 0 Å². The van der Waals surface area contributed by atoms with Gasteiger partial charge in [-0.25, -0.2) is 8.78 Å². The van der Waals surface area contributed by atoms with Crippen molar-refractivity contribution in [2.75, 3.05) is 0 Å². The zero-order valence-corrected chi connectivity index (χ0v) is 11.4. The fourth-order valence-electron chi connectivity index (χ4n) is 3.24. The molecule has 0 amide bonds. The van der Waals surface area contributed by atoms with E-state index in [-0.39, 0.29) is 11.6 Å². The molecule has 0 spiro atoms. The monoisotopic (exact) mass is 292 g/mol. The van der Waals surface area contributed by atoms with Gasteiger partial charge in [0, 0.05) is 43.6 Å². The van der Waals surface area contributed by atoms with Gasteiger partial charge in [-0.1, -0.05) is 0 Å². The van der Waals surface area contributed by atoms with E-state index in [1.807, 2.05) is 12.1 Å². The highest BCUT2D eigenvalue weighted by Crippen LogP contribution is 2.33. The Bertz CT molecular complexity index is 1100. The second kappa shape index (κ2) is 3.85. The molecule has 2 N–H and O–H groups in total. The lowest BCUT2D eigenvalue weighted by Gasteiger charge is -1.94. The third-order valence-electron chi connectivity index (χ3n) is 4.24. The highest BCUT2D eigenvalue weighted by molar-refractivity contribution is 6.16. The average molecular weight is 292 g/mol. The van der Waals surface area contributed by atoms with Crippen molar-refractivity contribution in [3.05, 3.63) is 60.2 Å². The van der Waals surface area contributed by atoms with Gasteiger partial charge < -0.3 is 9.97 Å². The van der Waals surface area contributed by atoms with Gasteiger partial charge in [0.05, 0.1) is 0 Å². The van der Waals surface area contributed by atoms with Gasteiger partial charge in [-0.05, 0) is 48.5 Å². The number of halogens is 2. The van der Waals surface area contributed by atoms with Crippen LogP contribution in [0, 0.1) is 11.6 Å². The van der Waals surface area contributed by atoms with Gasteiger partial charge in [0.15, 0.2) is 0 Å². The van der Waals surface area contributed by atoms with Gasteiger partial charge >= 0.3 is 0 Å². The Kier molecular flexibility index (Phi) is 2.06. The second-order valence-electron chi connectivity index (χ2n) is 5.57. The molecule has 0 aliphatic carbocycles. The third kappa shape index (κ3) is 1.46. The fraction of sp³-hybridized carbons (Fsp3) is 0. The molecule has 0 radical (unpaired) electrons. The van der Waals surface area contributed by atoms with E-state index >= 15 is 0 Å². The van der Waals surface area contributed by atoms with Crippen molar-refractivity contribution in [1.82, 2.24) is 9.97 Å². The Morgan fingerprint density at radius 1 is 0.500 bits per heavy atom. The largest absolute Gasteiger partial charge is 0.354 e. The van der Waals surface area contributed by atoms with Gasteiger partial charge in [-0.15, -0.1) is 0 Å². The van der Waals surface area contributed by atoms with Crippen molar-refractivity contribution in [1.29, 1.82) is 0 Å². The minimum Gasteiger partial charge on any atom is -0.354 e. The lowest BCUT2D eigenvalue weighted by Crippen LogP contribution is -1.72. The first-order chi connectivity index (χ1) is 10.7. The van der Waals surface area contributed by atoms with E-state index in [0.29, 0.717) is 0 Å². The zero-order valence-electron chi connectivity index (χ0n) is 11.4. The summed E-state index contributed by atoms with van der Waals surface area (Å²) in [6.07, 6.45) is 0. The molecule has 2 nitrogen and oxygen atoms in total. The highest BCUT2D eigenvalue weighted by atomic mass is 19.1. The Morgan fingerprint density at radius 2 is 0.909 bits per heavy atom. The molecule has 0 saturated heterocycles. The van der Waals surface area contributed by atoms with E-state index in [9.17, 15) is 8.78 Å². The average Bonchev–Trinajstić information content (AvgIpc) is 3.02. The van der Waals surface area contributed by atoms with Crippen molar-refractivity contribution in [2.24, 2.45) is 0 Å². The summed E-state index contributed by atoms with van der Waals surface area (Å²) in [5.74, 6) is -0.514. The van der Waals surface area contributed by atoms with Crippen LogP contribution in [0.25, 0.3) is 43.6 Å². The summed E-state index contributed by atoms with van der Waals surface area (Å²) in [6.45, 7) is 0. The maximum absolute atomic E-state index is 13.5. The molecule has 5 aromatic rings. The molecule has 2 heterocycles. The first-order valence-corrected chi connectivity index (χ1v) is 7.01. The number of hydrogen-bond acceptors (Lipinski definition) is 0. The molecule has 106 valence electrons. The van der Waals surface area contributed by atoms with E-state index in [0.717, 1.165) is 43.6 Å². The molecule has 0 atom stereocenters. The van der Waals surface area contributed by atoms with Crippen LogP contribution >= 0.6 is 0 Å². The number of fused-ring (bicyclic) bond motifs is 6. The molecule has 22 heavy (non-hydrogen) atoms.